The second-order valence-electron chi connectivity index (χ2n) is 3.95. The molecule has 0 spiro atoms. The molecular formula is C18H24N2. The van der Waals surface area contributed by atoms with E-state index in [1.54, 1.807) is 0 Å². The van der Waals surface area contributed by atoms with Crippen LogP contribution in [0.15, 0.2) is 83.0 Å². The van der Waals surface area contributed by atoms with E-state index in [2.05, 4.69) is 23.1 Å². The Balaban J connectivity index is 5.27. The Hall–Kier alpha value is -2.22. The smallest absolute Gasteiger partial charge is 0.116 e. The van der Waals surface area contributed by atoms with E-state index in [4.69, 9.17) is 0 Å². The Bertz CT molecular complexity index is 484. The van der Waals surface area contributed by atoms with Crippen LogP contribution in [-0.4, -0.2) is 12.1 Å². The van der Waals surface area contributed by atoms with Crippen molar-refractivity contribution < 1.29 is 0 Å². The van der Waals surface area contributed by atoms with Crippen molar-refractivity contribution in [3.63, 3.8) is 0 Å². The summed E-state index contributed by atoms with van der Waals surface area (Å²) in [4.78, 5) is 8.57. The predicted octanol–water partition coefficient (Wildman–Crippen LogP) is 5.20. The van der Waals surface area contributed by atoms with Gasteiger partial charge in [-0.3, -0.25) is 0 Å². The van der Waals surface area contributed by atoms with E-state index < -0.39 is 0 Å². The summed E-state index contributed by atoms with van der Waals surface area (Å²) < 4.78 is 0. The van der Waals surface area contributed by atoms with Crippen molar-refractivity contribution in [2.75, 3.05) is 0 Å². The molecule has 0 atom stereocenters. The molecule has 0 rings (SSSR count). The van der Waals surface area contributed by atoms with Crippen LogP contribution in [-0.2, 0) is 0 Å². The lowest BCUT2D eigenvalue weighted by Gasteiger charge is -2.03. The maximum atomic E-state index is 4.41. The Morgan fingerprint density at radius 1 is 1.05 bits per heavy atom. The summed E-state index contributed by atoms with van der Waals surface area (Å²) >= 11 is 0. The first-order valence-electron chi connectivity index (χ1n) is 6.67. The third-order valence-electron chi connectivity index (χ3n) is 2.28. The molecule has 0 aromatic carbocycles. The molecule has 0 aromatic heterocycles. The highest BCUT2D eigenvalue weighted by atomic mass is 14.9. The molecule has 0 aromatic rings. The molecule has 0 bridgehead atoms. The minimum Gasteiger partial charge on any atom is -0.240 e. The Morgan fingerprint density at radius 2 is 1.75 bits per heavy atom. The minimum absolute atomic E-state index is 0.680. The zero-order valence-corrected chi connectivity index (χ0v) is 12.7. The Morgan fingerprint density at radius 3 is 2.30 bits per heavy atom. The number of allylic oxidation sites excluding steroid dienone is 9. The van der Waals surface area contributed by atoms with Crippen LogP contribution >= 0.6 is 0 Å². The van der Waals surface area contributed by atoms with Crippen LogP contribution < -0.4 is 0 Å². The highest BCUT2D eigenvalue weighted by Gasteiger charge is 2.00. The van der Waals surface area contributed by atoms with Gasteiger partial charge in [-0.05, 0) is 32.4 Å². The summed E-state index contributed by atoms with van der Waals surface area (Å²) in [7, 11) is 0. The van der Waals surface area contributed by atoms with E-state index in [-0.39, 0.29) is 0 Å². The monoisotopic (exact) mass is 268 g/mol. The van der Waals surface area contributed by atoms with E-state index in [1.165, 1.54) is 6.34 Å². The molecule has 0 fully saturated rings. The molecule has 0 N–H and O–H groups in total. The number of rotatable bonds is 8. The van der Waals surface area contributed by atoms with Gasteiger partial charge >= 0.3 is 0 Å². The van der Waals surface area contributed by atoms with Gasteiger partial charge in [-0.25, -0.2) is 9.98 Å². The first-order chi connectivity index (χ1) is 9.69. The van der Waals surface area contributed by atoms with Crippen LogP contribution in [0.2, 0.25) is 0 Å². The molecule has 0 saturated carbocycles. The summed E-state index contributed by atoms with van der Waals surface area (Å²) in [6, 6.07) is 0. The fourth-order valence-corrected chi connectivity index (χ4v) is 1.42. The zero-order valence-electron chi connectivity index (χ0n) is 12.7. The maximum Gasteiger partial charge on any atom is 0.116 e. The van der Waals surface area contributed by atoms with Crippen LogP contribution in [0, 0.1) is 0 Å². The molecule has 106 valence electrons. The standard InChI is InChI=1S/C18H24N2/c1-6-10-14-17(12-8-3)18(13-9-4)20-15-19-16(5)11-7-2/h6-12,14-15H,4-5,13H2,1-3H3/b10-6-,11-7-,12-8-,17-14+,19-15?,20-18?. The van der Waals surface area contributed by atoms with Gasteiger partial charge in [0.1, 0.15) is 6.34 Å². The summed E-state index contributed by atoms with van der Waals surface area (Å²) in [5.74, 6) is 0. The first-order valence-corrected chi connectivity index (χ1v) is 6.67. The Kier molecular flexibility index (Phi) is 10.5. The van der Waals surface area contributed by atoms with E-state index in [0.717, 1.165) is 11.3 Å². The predicted molar refractivity (Wildman–Crippen MR) is 92.4 cm³/mol. The van der Waals surface area contributed by atoms with Gasteiger partial charge in [0, 0.05) is 6.42 Å². The average Bonchev–Trinajstić information content (AvgIpc) is 2.43. The van der Waals surface area contributed by atoms with E-state index >= 15 is 0 Å². The largest absolute Gasteiger partial charge is 0.240 e. The van der Waals surface area contributed by atoms with Crippen LogP contribution in [0.25, 0.3) is 0 Å². The topological polar surface area (TPSA) is 24.7 Å². The average molecular weight is 268 g/mol. The second kappa shape index (κ2) is 11.8. The van der Waals surface area contributed by atoms with E-state index in [0.29, 0.717) is 12.1 Å². The van der Waals surface area contributed by atoms with Gasteiger partial charge in [-0.15, -0.1) is 6.58 Å². The zero-order chi connectivity index (χ0) is 15.2. The third-order valence-corrected chi connectivity index (χ3v) is 2.28. The quantitative estimate of drug-likeness (QED) is 0.250. The summed E-state index contributed by atoms with van der Waals surface area (Å²) in [5.41, 5.74) is 2.65. The van der Waals surface area contributed by atoms with Crippen molar-refractivity contribution >= 4 is 12.1 Å². The second-order valence-corrected chi connectivity index (χ2v) is 3.95. The van der Waals surface area contributed by atoms with Crippen molar-refractivity contribution in [1.29, 1.82) is 0 Å². The molecule has 0 aliphatic rings. The van der Waals surface area contributed by atoms with Crippen molar-refractivity contribution in [2.45, 2.75) is 27.2 Å². The molecule has 0 radical (unpaired) electrons. The molecule has 2 nitrogen and oxygen atoms in total. The number of aliphatic imine (C=N–C) groups is 2. The Labute approximate surface area is 123 Å². The van der Waals surface area contributed by atoms with Crippen LogP contribution in [0.4, 0.5) is 0 Å². The van der Waals surface area contributed by atoms with Gasteiger partial charge in [0.15, 0.2) is 0 Å². The van der Waals surface area contributed by atoms with Gasteiger partial charge in [0.2, 0.25) is 0 Å². The van der Waals surface area contributed by atoms with Gasteiger partial charge in [-0.1, -0.05) is 49.1 Å². The molecule has 0 heterocycles. The molecule has 0 aliphatic heterocycles. The molecule has 0 aliphatic carbocycles. The molecule has 0 saturated heterocycles. The maximum absolute atomic E-state index is 4.41. The van der Waals surface area contributed by atoms with Crippen molar-refractivity contribution in [3.05, 3.63) is 73.0 Å². The summed E-state index contributed by atoms with van der Waals surface area (Å²) in [6.45, 7) is 13.5. The van der Waals surface area contributed by atoms with E-state index in [9.17, 15) is 0 Å². The van der Waals surface area contributed by atoms with Crippen LogP contribution in [0.5, 0.6) is 0 Å². The highest BCUT2D eigenvalue weighted by molar-refractivity contribution is 6.06. The fraction of sp³-hybridized carbons (Fsp3) is 0.222. The van der Waals surface area contributed by atoms with E-state index in [1.807, 2.05) is 69.4 Å². The SMILES string of the molecule is C=CCC(=NC=NC(=C)/C=C\C)C(/C=C\C)=C/C=C\C. The summed E-state index contributed by atoms with van der Waals surface area (Å²) in [6.07, 6.45) is 17.8. The summed E-state index contributed by atoms with van der Waals surface area (Å²) in [5, 5.41) is 0. The van der Waals surface area contributed by atoms with Crippen molar-refractivity contribution in [2.24, 2.45) is 9.98 Å². The van der Waals surface area contributed by atoms with Gasteiger partial charge in [-0.2, -0.15) is 0 Å². The van der Waals surface area contributed by atoms with Gasteiger partial charge in [0.05, 0.1) is 11.4 Å². The fourth-order valence-electron chi connectivity index (χ4n) is 1.42. The minimum atomic E-state index is 0.680. The molecule has 0 unspecified atom stereocenters. The van der Waals surface area contributed by atoms with Gasteiger partial charge < -0.3 is 0 Å². The lowest BCUT2D eigenvalue weighted by molar-refractivity contribution is 1.39. The highest BCUT2D eigenvalue weighted by Crippen LogP contribution is 2.06. The molecule has 2 heteroatoms. The molecule has 20 heavy (non-hydrogen) atoms. The number of nitrogens with zero attached hydrogens (tertiary/aromatic N) is 2. The third kappa shape index (κ3) is 7.98. The lowest BCUT2D eigenvalue weighted by Crippen LogP contribution is -2.00. The normalized spacial score (nSPS) is 14.2. The number of hydrogen-bond acceptors (Lipinski definition) is 1. The number of hydrogen-bond donors (Lipinski definition) is 0. The van der Waals surface area contributed by atoms with Crippen LogP contribution in [0.3, 0.4) is 0 Å². The first kappa shape index (κ1) is 17.8. The van der Waals surface area contributed by atoms with Crippen molar-refractivity contribution in [1.82, 2.24) is 0 Å². The molecular weight excluding hydrogens is 244 g/mol. The molecule has 0 amide bonds. The van der Waals surface area contributed by atoms with Crippen LogP contribution in [0.1, 0.15) is 27.2 Å². The van der Waals surface area contributed by atoms with Crippen molar-refractivity contribution in [3.8, 4) is 0 Å². The van der Waals surface area contributed by atoms with Gasteiger partial charge in [0.25, 0.3) is 0 Å². The lowest BCUT2D eigenvalue weighted by atomic mass is 10.1.